The Morgan fingerprint density at radius 2 is 1.95 bits per heavy atom. The Morgan fingerprint density at radius 3 is 2.65 bits per heavy atom. The maximum absolute atomic E-state index is 13.5. The number of rotatable bonds is 4. The van der Waals surface area contributed by atoms with Crippen LogP contribution in [0, 0.1) is 28.7 Å². The van der Waals surface area contributed by atoms with Gasteiger partial charge in [-0.2, -0.15) is 0 Å². The van der Waals surface area contributed by atoms with E-state index in [1.807, 2.05) is 6.92 Å². The van der Waals surface area contributed by atoms with Crippen molar-refractivity contribution in [2.24, 2.45) is 0 Å². The maximum atomic E-state index is 13.5. The van der Waals surface area contributed by atoms with E-state index in [9.17, 15) is 18.9 Å². The van der Waals surface area contributed by atoms with Crippen molar-refractivity contribution in [1.29, 1.82) is 0 Å². The average Bonchev–Trinajstić information content (AvgIpc) is 2.39. The van der Waals surface area contributed by atoms with Crippen LogP contribution in [-0.4, -0.2) is 4.92 Å². The Kier molecular flexibility index (Phi) is 3.93. The molecule has 2 rings (SSSR count). The Balaban J connectivity index is 2.18. The predicted molar refractivity (Wildman–Crippen MR) is 71.5 cm³/mol. The number of nitrogens with one attached hydrogen (secondary N) is 1. The Labute approximate surface area is 114 Å². The molecule has 0 radical (unpaired) electrons. The van der Waals surface area contributed by atoms with Crippen molar-refractivity contribution in [2.75, 3.05) is 5.32 Å². The summed E-state index contributed by atoms with van der Waals surface area (Å²) in [5, 5.41) is 13.4. The molecule has 2 aromatic carbocycles. The third-order valence-corrected chi connectivity index (χ3v) is 2.78. The first-order chi connectivity index (χ1) is 9.45. The third-order valence-electron chi connectivity index (χ3n) is 2.78. The van der Waals surface area contributed by atoms with Crippen molar-refractivity contribution in [2.45, 2.75) is 13.5 Å². The quantitative estimate of drug-likeness (QED) is 0.683. The van der Waals surface area contributed by atoms with Crippen LogP contribution in [-0.2, 0) is 6.54 Å². The summed E-state index contributed by atoms with van der Waals surface area (Å²) in [6.45, 7) is 1.95. The van der Waals surface area contributed by atoms with Crippen LogP contribution in [0.4, 0.5) is 20.2 Å². The molecule has 0 aromatic heterocycles. The summed E-state index contributed by atoms with van der Waals surface area (Å²) in [5.41, 5.74) is 1.19. The van der Waals surface area contributed by atoms with Gasteiger partial charge in [-0.25, -0.2) is 8.78 Å². The van der Waals surface area contributed by atoms with E-state index in [1.54, 1.807) is 12.1 Å². The molecule has 0 saturated heterocycles. The first-order valence-corrected chi connectivity index (χ1v) is 5.89. The zero-order chi connectivity index (χ0) is 14.7. The maximum Gasteiger partial charge on any atom is 0.274 e. The molecular formula is C14H12F2N2O2. The molecule has 0 saturated carbocycles. The summed E-state index contributed by atoms with van der Waals surface area (Å²) in [6, 6.07) is 7.82. The molecule has 0 amide bonds. The van der Waals surface area contributed by atoms with Gasteiger partial charge in [-0.3, -0.25) is 10.1 Å². The van der Waals surface area contributed by atoms with Crippen LogP contribution >= 0.6 is 0 Å². The van der Waals surface area contributed by atoms with Crippen molar-refractivity contribution < 1.29 is 13.7 Å². The van der Waals surface area contributed by atoms with E-state index in [4.69, 9.17) is 0 Å². The largest absolute Gasteiger partial charge is 0.381 e. The summed E-state index contributed by atoms with van der Waals surface area (Å²) in [4.78, 5) is 9.95. The molecule has 0 aliphatic carbocycles. The van der Waals surface area contributed by atoms with E-state index in [2.05, 4.69) is 5.32 Å². The smallest absolute Gasteiger partial charge is 0.274 e. The number of nitro benzene ring substituents is 1. The van der Waals surface area contributed by atoms with Gasteiger partial charge in [0, 0.05) is 23.9 Å². The zero-order valence-electron chi connectivity index (χ0n) is 10.7. The lowest BCUT2D eigenvalue weighted by Crippen LogP contribution is -2.03. The van der Waals surface area contributed by atoms with E-state index in [0.717, 1.165) is 17.7 Å². The number of halogens is 2. The molecule has 104 valence electrons. The highest BCUT2D eigenvalue weighted by Gasteiger charge is 2.10. The lowest BCUT2D eigenvalue weighted by atomic mass is 10.1. The van der Waals surface area contributed by atoms with Crippen LogP contribution in [0.2, 0.25) is 0 Å². The van der Waals surface area contributed by atoms with Crippen molar-refractivity contribution in [3.8, 4) is 0 Å². The Morgan fingerprint density at radius 1 is 1.20 bits per heavy atom. The number of aryl methyl sites for hydroxylation is 1. The summed E-state index contributed by atoms with van der Waals surface area (Å²) >= 11 is 0. The number of nitro groups is 1. The lowest BCUT2D eigenvalue weighted by molar-refractivity contribution is -0.385. The molecule has 0 unspecified atom stereocenters. The lowest BCUT2D eigenvalue weighted by Gasteiger charge is -2.08. The fourth-order valence-corrected chi connectivity index (χ4v) is 1.82. The molecule has 0 aliphatic heterocycles. The first-order valence-electron chi connectivity index (χ1n) is 5.89. The second-order valence-electron chi connectivity index (χ2n) is 4.40. The number of hydrogen-bond donors (Lipinski definition) is 1. The molecule has 0 fully saturated rings. The van der Waals surface area contributed by atoms with E-state index >= 15 is 0 Å². The molecule has 0 atom stereocenters. The molecule has 20 heavy (non-hydrogen) atoms. The summed E-state index contributed by atoms with van der Waals surface area (Å²) in [5.74, 6) is -1.10. The zero-order valence-corrected chi connectivity index (χ0v) is 10.7. The second-order valence-corrected chi connectivity index (χ2v) is 4.40. The summed E-state index contributed by atoms with van der Waals surface area (Å²) < 4.78 is 26.8. The van der Waals surface area contributed by atoms with Gasteiger partial charge in [0.2, 0.25) is 0 Å². The number of non-ortho nitro benzene ring substituents is 1. The van der Waals surface area contributed by atoms with Crippen LogP contribution in [0.5, 0.6) is 0 Å². The van der Waals surface area contributed by atoms with E-state index in [0.29, 0.717) is 5.56 Å². The van der Waals surface area contributed by atoms with Crippen LogP contribution in [0.15, 0.2) is 36.4 Å². The van der Waals surface area contributed by atoms with Crippen molar-refractivity contribution in [1.82, 2.24) is 0 Å². The summed E-state index contributed by atoms with van der Waals surface area (Å²) in [7, 11) is 0. The second kappa shape index (κ2) is 5.64. The molecule has 0 heterocycles. The van der Waals surface area contributed by atoms with Crippen molar-refractivity contribution in [3.63, 3.8) is 0 Å². The number of anilines is 1. The standard InChI is InChI=1S/C14H12F2N2O2/c1-9-2-3-14(16)10(4-9)8-17-12-5-11(15)6-13(7-12)18(19)20/h2-7,17H,8H2,1H3. The van der Waals surface area contributed by atoms with Gasteiger partial charge in [0.25, 0.3) is 5.69 Å². The van der Waals surface area contributed by atoms with Gasteiger partial charge in [-0.15, -0.1) is 0 Å². The molecule has 0 spiro atoms. The van der Waals surface area contributed by atoms with Crippen LogP contribution in [0.25, 0.3) is 0 Å². The number of hydrogen-bond acceptors (Lipinski definition) is 3. The normalized spacial score (nSPS) is 10.3. The van der Waals surface area contributed by atoms with Gasteiger partial charge >= 0.3 is 0 Å². The van der Waals surface area contributed by atoms with Crippen LogP contribution in [0.3, 0.4) is 0 Å². The minimum Gasteiger partial charge on any atom is -0.381 e. The first kappa shape index (κ1) is 13.9. The van der Waals surface area contributed by atoms with Crippen LogP contribution in [0.1, 0.15) is 11.1 Å². The molecule has 4 nitrogen and oxygen atoms in total. The van der Waals surface area contributed by atoms with Gasteiger partial charge in [-0.1, -0.05) is 17.7 Å². The fraction of sp³-hybridized carbons (Fsp3) is 0.143. The molecule has 2 aromatic rings. The third kappa shape index (κ3) is 3.28. The van der Waals surface area contributed by atoms with Crippen molar-refractivity contribution in [3.05, 3.63) is 69.3 Å². The topological polar surface area (TPSA) is 55.2 Å². The Hall–Kier alpha value is -2.50. The van der Waals surface area contributed by atoms with E-state index < -0.39 is 10.7 Å². The molecule has 1 N–H and O–H groups in total. The minimum absolute atomic E-state index is 0.119. The van der Waals surface area contributed by atoms with Gasteiger partial charge in [0.05, 0.1) is 11.0 Å². The highest BCUT2D eigenvalue weighted by molar-refractivity contribution is 5.51. The molecule has 6 heteroatoms. The predicted octanol–water partition coefficient (Wildman–Crippen LogP) is 3.79. The minimum atomic E-state index is -0.716. The molecule has 0 aliphatic rings. The van der Waals surface area contributed by atoms with E-state index in [-0.39, 0.29) is 23.7 Å². The average molecular weight is 278 g/mol. The van der Waals surface area contributed by atoms with Crippen LogP contribution < -0.4 is 5.32 Å². The number of benzene rings is 2. The Bertz CT molecular complexity index is 660. The fourth-order valence-electron chi connectivity index (χ4n) is 1.82. The highest BCUT2D eigenvalue weighted by atomic mass is 19.1. The molecule has 0 bridgehead atoms. The van der Waals surface area contributed by atoms with Gasteiger partial charge in [0.15, 0.2) is 0 Å². The highest BCUT2D eigenvalue weighted by Crippen LogP contribution is 2.21. The van der Waals surface area contributed by atoms with Gasteiger partial charge in [-0.05, 0) is 19.1 Å². The van der Waals surface area contributed by atoms with Crippen molar-refractivity contribution >= 4 is 11.4 Å². The summed E-state index contributed by atoms with van der Waals surface area (Å²) in [6.07, 6.45) is 0. The van der Waals surface area contributed by atoms with Gasteiger partial charge < -0.3 is 5.32 Å². The number of nitrogens with zero attached hydrogens (tertiary/aromatic N) is 1. The van der Waals surface area contributed by atoms with Gasteiger partial charge in [0.1, 0.15) is 11.6 Å². The SMILES string of the molecule is Cc1ccc(F)c(CNc2cc(F)cc([N+](=O)[O-])c2)c1. The molecular weight excluding hydrogens is 266 g/mol. The monoisotopic (exact) mass is 278 g/mol. The van der Waals surface area contributed by atoms with E-state index in [1.165, 1.54) is 12.1 Å².